The number of hydrazine groups is 1. The molecule has 1 amide bonds. The van der Waals surface area contributed by atoms with Gasteiger partial charge in [-0.1, -0.05) is 0 Å². The first-order valence-electron chi connectivity index (χ1n) is 3.33. The number of esters is 1. The van der Waals surface area contributed by atoms with Crippen LogP contribution in [0.15, 0.2) is 0 Å². The summed E-state index contributed by atoms with van der Waals surface area (Å²) in [4.78, 5) is 21.5. The molecule has 0 bridgehead atoms. The summed E-state index contributed by atoms with van der Waals surface area (Å²) in [7, 11) is 1.31. The van der Waals surface area contributed by atoms with Crippen LogP contribution in [0.1, 0.15) is 6.42 Å². The fraction of sp³-hybridized carbons (Fsp3) is 0.667. The zero-order chi connectivity index (χ0) is 8.27. The highest BCUT2D eigenvalue weighted by molar-refractivity contribution is 5.84. The Morgan fingerprint density at radius 3 is 3.00 bits per heavy atom. The number of hydrogen-bond donors (Lipinski definition) is 2. The molecule has 0 spiro atoms. The molecule has 1 saturated heterocycles. The molecule has 5 heteroatoms. The van der Waals surface area contributed by atoms with Crippen molar-refractivity contribution in [1.29, 1.82) is 0 Å². The molecule has 0 aromatic rings. The van der Waals surface area contributed by atoms with Crippen LogP contribution in [0.4, 0.5) is 0 Å². The predicted octanol–water partition coefficient (Wildman–Crippen LogP) is -1.20. The van der Waals surface area contributed by atoms with Gasteiger partial charge in [0, 0.05) is 6.54 Å². The summed E-state index contributed by atoms with van der Waals surface area (Å²) in [6.07, 6.45) is 0.148. The number of ether oxygens (including phenoxy) is 1. The molecule has 0 saturated carbocycles. The number of carbonyl (C=O) groups is 2. The van der Waals surface area contributed by atoms with Crippen molar-refractivity contribution in [3.05, 3.63) is 0 Å². The van der Waals surface area contributed by atoms with Crippen molar-refractivity contribution in [3.8, 4) is 0 Å². The zero-order valence-corrected chi connectivity index (χ0v) is 6.22. The maximum Gasteiger partial charge on any atom is 0.306 e. The van der Waals surface area contributed by atoms with Gasteiger partial charge in [-0.3, -0.25) is 15.0 Å². The van der Waals surface area contributed by atoms with E-state index in [0.29, 0.717) is 6.54 Å². The largest absolute Gasteiger partial charge is 0.469 e. The molecular weight excluding hydrogens is 148 g/mol. The molecule has 0 unspecified atom stereocenters. The summed E-state index contributed by atoms with van der Waals surface area (Å²) >= 11 is 0. The highest BCUT2D eigenvalue weighted by atomic mass is 16.5. The summed E-state index contributed by atoms with van der Waals surface area (Å²) in [5.74, 6) is -0.772. The van der Waals surface area contributed by atoms with E-state index in [-0.39, 0.29) is 24.2 Å². The van der Waals surface area contributed by atoms with Crippen LogP contribution in [0, 0.1) is 5.92 Å². The Morgan fingerprint density at radius 2 is 2.55 bits per heavy atom. The van der Waals surface area contributed by atoms with E-state index in [1.54, 1.807) is 0 Å². The average molecular weight is 158 g/mol. The molecule has 0 aromatic heterocycles. The topological polar surface area (TPSA) is 67.4 Å². The van der Waals surface area contributed by atoms with E-state index in [0.717, 1.165) is 0 Å². The minimum atomic E-state index is -0.353. The van der Waals surface area contributed by atoms with Gasteiger partial charge in [0.15, 0.2) is 0 Å². The van der Waals surface area contributed by atoms with Crippen LogP contribution >= 0.6 is 0 Å². The van der Waals surface area contributed by atoms with Gasteiger partial charge in [-0.2, -0.15) is 0 Å². The maximum atomic E-state index is 10.8. The Kier molecular flexibility index (Phi) is 2.43. The van der Waals surface area contributed by atoms with Crippen LogP contribution in [-0.2, 0) is 14.3 Å². The van der Waals surface area contributed by atoms with Crippen LogP contribution in [-0.4, -0.2) is 25.5 Å². The predicted molar refractivity (Wildman–Crippen MR) is 36.3 cm³/mol. The second-order valence-corrected chi connectivity index (χ2v) is 2.35. The van der Waals surface area contributed by atoms with Gasteiger partial charge in [-0.25, -0.2) is 5.43 Å². The Hall–Kier alpha value is -1.10. The number of nitrogens with one attached hydrogen (secondary N) is 2. The lowest BCUT2D eigenvalue weighted by molar-refractivity contribution is -0.143. The molecule has 0 aromatic carbocycles. The van der Waals surface area contributed by atoms with Gasteiger partial charge < -0.3 is 4.74 Å². The van der Waals surface area contributed by atoms with Crippen LogP contribution in [0.2, 0.25) is 0 Å². The standard InChI is InChI=1S/C6H10N2O3/c1-11-5(9)2-4-3-7-8-6(4)10/h4,7H,2-3H2,1H3,(H,8,10)/t4-/m1/s1. The Labute approximate surface area is 64.1 Å². The molecule has 62 valence electrons. The third-order valence-corrected chi connectivity index (χ3v) is 1.57. The van der Waals surface area contributed by atoms with Crippen LogP contribution in [0.3, 0.4) is 0 Å². The molecule has 1 heterocycles. The van der Waals surface area contributed by atoms with Crippen molar-refractivity contribution < 1.29 is 14.3 Å². The molecule has 1 aliphatic rings. The van der Waals surface area contributed by atoms with Gasteiger partial charge in [0.05, 0.1) is 19.4 Å². The summed E-state index contributed by atoms with van der Waals surface area (Å²) in [5, 5.41) is 0. The van der Waals surface area contributed by atoms with Crippen LogP contribution in [0.25, 0.3) is 0 Å². The highest BCUT2D eigenvalue weighted by Crippen LogP contribution is 2.06. The fourth-order valence-corrected chi connectivity index (χ4v) is 0.905. The molecule has 1 atom stereocenters. The number of hydrogen-bond acceptors (Lipinski definition) is 4. The first-order chi connectivity index (χ1) is 5.24. The number of rotatable bonds is 2. The van der Waals surface area contributed by atoms with Crippen molar-refractivity contribution >= 4 is 11.9 Å². The summed E-state index contributed by atoms with van der Waals surface area (Å²) in [6.45, 7) is 0.494. The lowest BCUT2D eigenvalue weighted by Crippen LogP contribution is -2.26. The zero-order valence-electron chi connectivity index (χ0n) is 6.22. The van der Waals surface area contributed by atoms with Gasteiger partial charge in [-0.05, 0) is 0 Å². The van der Waals surface area contributed by atoms with Gasteiger partial charge in [-0.15, -0.1) is 0 Å². The maximum absolute atomic E-state index is 10.8. The smallest absolute Gasteiger partial charge is 0.306 e. The summed E-state index contributed by atoms with van der Waals surface area (Å²) in [5.41, 5.74) is 5.05. The molecule has 1 aliphatic heterocycles. The van der Waals surface area contributed by atoms with E-state index in [4.69, 9.17) is 0 Å². The third kappa shape index (κ3) is 1.91. The second kappa shape index (κ2) is 3.34. The Balaban J connectivity index is 2.36. The van der Waals surface area contributed by atoms with E-state index in [9.17, 15) is 9.59 Å². The Morgan fingerprint density at radius 1 is 1.82 bits per heavy atom. The van der Waals surface area contributed by atoms with Crippen molar-refractivity contribution in [3.63, 3.8) is 0 Å². The number of amides is 1. The fourth-order valence-electron chi connectivity index (χ4n) is 0.905. The molecule has 0 radical (unpaired) electrons. The molecular formula is C6H10N2O3. The van der Waals surface area contributed by atoms with Gasteiger partial charge in [0.1, 0.15) is 0 Å². The number of carbonyl (C=O) groups excluding carboxylic acids is 2. The monoisotopic (exact) mass is 158 g/mol. The van der Waals surface area contributed by atoms with E-state index < -0.39 is 0 Å². The summed E-state index contributed by atoms with van der Waals surface area (Å²) < 4.78 is 4.41. The minimum Gasteiger partial charge on any atom is -0.469 e. The van der Waals surface area contributed by atoms with Gasteiger partial charge in [0.25, 0.3) is 0 Å². The third-order valence-electron chi connectivity index (χ3n) is 1.57. The van der Waals surface area contributed by atoms with Crippen LogP contribution in [0.5, 0.6) is 0 Å². The first kappa shape index (κ1) is 8.00. The molecule has 2 N–H and O–H groups in total. The van der Waals surface area contributed by atoms with E-state index in [1.165, 1.54) is 7.11 Å². The van der Waals surface area contributed by atoms with E-state index in [2.05, 4.69) is 15.6 Å². The average Bonchev–Trinajstić information content (AvgIpc) is 2.37. The SMILES string of the molecule is COC(=O)C[C@@H]1CNNC1=O. The lowest BCUT2D eigenvalue weighted by Gasteiger charge is -2.01. The molecule has 0 aliphatic carbocycles. The van der Waals surface area contributed by atoms with E-state index in [1.807, 2.05) is 0 Å². The summed E-state index contributed by atoms with van der Waals surface area (Å²) in [6, 6.07) is 0. The first-order valence-corrected chi connectivity index (χ1v) is 3.33. The second-order valence-electron chi connectivity index (χ2n) is 2.35. The number of methoxy groups -OCH3 is 1. The van der Waals surface area contributed by atoms with Crippen molar-refractivity contribution in [2.24, 2.45) is 5.92 Å². The van der Waals surface area contributed by atoms with Gasteiger partial charge in [0.2, 0.25) is 5.91 Å². The lowest BCUT2D eigenvalue weighted by atomic mass is 10.1. The molecule has 1 rings (SSSR count). The van der Waals surface area contributed by atoms with Crippen molar-refractivity contribution in [1.82, 2.24) is 10.9 Å². The quantitative estimate of drug-likeness (QED) is 0.495. The Bertz CT molecular complexity index is 181. The normalized spacial score (nSPS) is 23.0. The molecule has 11 heavy (non-hydrogen) atoms. The van der Waals surface area contributed by atoms with Crippen LogP contribution < -0.4 is 10.9 Å². The van der Waals surface area contributed by atoms with Crippen molar-refractivity contribution in [2.45, 2.75) is 6.42 Å². The molecule has 1 fully saturated rings. The van der Waals surface area contributed by atoms with Crippen molar-refractivity contribution in [2.75, 3.05) is 13.7 Å². The van der Waals surface area contributed by atoms with E-state index >= 15 is 0 Å². The van der Waals surface area contributed by atoms with Gasteiger partial charge >= 0.3 is 5.97 Å². The minimum absolute atomic E-state index is 0.143. The molecule has 5 nitrogen and oxygen atoms in total. The highest BCUT2D eigenvalue weighted by Gasteiger charge is 2.26.